The van der Waals surface area contributed by atoms with Crippen molar-refractivity contribution in [2.24, 2.45) is 11.8 Å². The highest BCUT2D eigenvalue weighted by Crippen LogP contribution is 2.26. The standard InChI is InChI=1S/C35H46ClN5O5/c1-22(2)30(33(44)41-20-26(21-41)31-37-15-16-38-31)40-32(43)25(17-24-11-13-27(36)14-12-24)19-29(42)28(18-23-9-7-6-8-10-23)39-34(45)46-35(3,4)5/h6-16,22,25-26,28-30,42H,17-21H2,1-5H3,(H,37,38)(H,39,45)(H,40,43)/t25?,28?,29?,30-/m0/s1. The monoisotopic (exact) mass is 651 g/mol. The molecule has 3 amide bonds. The van der Waals surface area contributed by atoms with Crippen molar-refractivity contribution in [3.05, 3.63) is 89.0 Å². The number of nitrogens with one attached hydrogen (secondary N) is 3. The van der Waals surface area contributed by atoms with Crippen LogP contribution in [0.3, 0.4) is 0 Å². The maximum Gasteiger partial charge on any atom is 0.407 e. The Morgan fingerprint density at radius 3 is 2.26 bits per heavy atom. The summed E-state index contributed by atoms with van der Waals surface area (Å²) in [6.07, 6.45) is 2.36. The molecule has 3 aromatic rings. The SMILES string of the molecule is CC(C)[C@H](NC(=O)C(Cc1ccc(Cl)cc1)CC(O)C(Cc1ccccc1)NC(=O)OC(C)(C)C)C(=O)N1CC(c2ncc[nH]2)C1. The number of hydrogen-bond donors (Lipinski definition) is 4. The molecule has 0 spiro atoms. The van der Waals surface area contributed by atoms with E-state index in [1.165, 1.54) is 0 Å². The Kier molecular flexibility index (Phi) is 11.9. The van der Waals surface area contributed by atoms with Gasteiger partial charge in [-0.3, -0.25) is 9.59 Å². The number of aromatic nitrogens is 2. The summed E-state index contributed by atoms with van der Waals surface area (Å²) in [6, 6.07) is 15.2. The molecule has 0 aliphatic carbocycles. The molecule has 1 aliphatic rings. The van der Waals surface area contributed by atoms with Gasteiger partial charge in [0.05, 0.1) is 18.1 Å². The number of H-pyrrole nitrogens is 1. The van der Waals surface area contributed by atoms with Crippen molar-refractivity contribution in [1.29, 1.82) is 0 Å². The lowest BCUT2D eigenvalue weighted by molar-refractivity contribution is -0.142. The predicted octanol–water partition coefficient (Wildman–Crippen LogP) is 4.88. The Hall–Kier alpha value is -3.89. The van der Waals surface area contributed by atoms with Gasteiger partial charge in [0, 0.05) is 36.4 Å². The zero-order valence-corrected chi connectivity index (χ0v) is 28.0. The van der Waals surface area contributed by atoms with Crippen molar-refractivity contribution in [1.82, 2.24) is 25.5 Å². The third-order valence-corrected chi connectivity index (χ3v) is 8.34. The second kappa shape index (κ2) is 15.6. The van der Waals surface area contributed by atoms with E-state index in [0.29, 0.717) is 31.0 Å². The van der Waals surface area contributed by atoms with Crippen LogP contribution in [0.5, 0.6) is 0 Å². The van der Waals surface area contributed by atoms with Crippen LogP contribution in [0.4, 0.5) is 4.79 Å². The van der Waals surface area contributed by atoms with Gasteiger partial charge in [0.25, 0.3) is 0 Å². The quantitative estimate of drug-likeness (QED) is 0.208. The van der Waals surface area contributed by atoms with Gasteiger partial charge in [0.15, 0.2) is 0 Å². The smallest absolute Gasteiger partial charge is 0.407 e. The molecule has 11 heteroatoms. The largest absolute Gasteiger partial charge is 0.444 e. The van der Waals surface area contributed by atoms with Gasteiger partial charge in [-0.05, 0) is 69.2 Å². The van der Waals surface area contributed by atoms with Crippen LogP contribution in [0.2, 0.25) is 5.02 Å². The zero-order chi connectivity index (χ0) is 33.4. The maximum atomic E-state index is 14.0. The minimum absolute atomic E-state index is 0.0328. The van der Waals surface area contributed by atoms with Crippen molar-refractivity contribution in [3.8, 4) is 0 Å². The van der Waals surface area contributed by atoms with E-state index in [-0.39, 0.29) is 30.1 Å². The third-order valence-electron chi connectivity index (χ3n) is 8.09. The van der Waals surface area contributed by atoms with Crippen LogP contribution in [-0.4, -0.2) is 74.8 Å². The molecule has 1 saturated heterocycles. The second-order valence-corrected chi connectivity index (χ2v) is 13.9. The van der Waals surface area contributed by atoms with Crippen LogP contribution in [0.25, 0.3) is 0 Å². The first kappa shape index (κ1) is 35.0. The average Bonchev–Trinajstić information content (AvgIpc) is 3.49. The lowest BCUT2D eigenvalue weighted by atomic mass is 9.88. The fourth-order valence-corrected chi connectivity index (χ4v) is 5.69. The number of halogens is 1. The number of carbonyl (C=O) groups excluding carboxylic acids is 3. The minimum atomic E-state index is -1.10. The number of ether oxygens (including phenoxy) is 1. The van der Waals surface area contributed by atoms with Crippen molar-refractivity contribution in [3.63, 3.8) is 0 Å². The Bertz CT molecular complexity index is 1420. The first-order valence-electron chi connectivity index (χ1n) is 15.8. The van der Waals surface area contributed by atoms with Crippen molar-refractivity contribution < 1.29 is 24.2 Å². The fraction of sp³-hybridized carbons (Fsp3) is 0.486. The lowest BCUT2D eigenvalue weighted by Gasteiger charge is -2.41. The molecule has 1 fully saturated rings. The van der Waals surface area contributed by atoms with Gasteiger partial charge in [-0.25, -0.2) is 9.78 Å². The number of aliphatic hydroxyl groups is 1. The molecule has 4 rings (SSSR count). The van der Waals surface area contributed by atoms with Crippen LogP contribution >= 0.6 is 11.6 Å². The summed E-state index contributed by atoms with van der Waals surface area (Å²) in [7, 11) is 0. The summed E-state index contributed by atoms with van der Waals surface area (Å²) >= 11 is 6.12. The van der Waals surface area contributed by atoms with Gasteiger partial charge in [-0.1, -0.05) is 67.9 Å². The third kappa shape index (κ3) is 10.1. The summed E-state index contributed by atoms with van der Waals surface area (Å²) < 4.78 is 5.49. The van der Waals surface area contributed by atoms with Crippen molar-refractivity contribution in [2.45, 2.75) is 83.6 Å². The number of imidazole rings is 1. The molecule has 0 saturated carbocycles. The van der Waals surface area contributed by atoms with E-state index in [9.17, 15) is 19.5 Å². The number of carbonyl (C=O) groups is 3. The summed E-state index contributed by atoms with van der Waals surface area (Å²) in [4.78, 5) is 49.5. The van der Waals surface area contributed by atoms with Crippen molar-refractivity contribution >= 4 is 29.5 Å². The highest BCUT2D eigenvalue weighted by molar-refractivity contribution is 6.30. The van der Waals surface area contributed by atoms with Crippen LogP contribution in [-0.2, 0) is 27.2 Å². The van der Waals surface area contributed by atoms with E-state index in [0.717, 1.165) is 17.0 Å². The van der Waals surface area contributed by atoms with E-state index < -0.39 is 35.8 Å². The predicted molar refractivity (Wildman–Crippen MR) is 177 cm³/mol. The van der Waals surface area contributed by atoms with E-state index >= 15 is 0 Å². The summed E-state index contributed by atoms with van der Waals surface area (Å²) in [5.41, 5.74) is 1.04. The second-order valence-electron chi connectivity index (χ2n) is 13.4. The number of rotatable bonds is 13. The number of aromatic amines is 1. The molecule has 2 heterocycles. The Morgan fingerprint density at radius 1 is 1.02 bits per heavy atom. The Balaban J connectivity index is 1.51. The maximum absolute atomic E-state index is 14.0. The zero-order valence-electron chi connectivity index (χ0n) is 27.2. The number of likely N-dealkylation sites (tertiary alicyclic amines) is 1. The van der Waals surface area contributed by atoms with E-state index in [1.807, 2.05) is 56.3 Å². The molecule has 0 radical (unpaired) electrons. The molecule has 2 aromatic carbocycles. The summed E-state index contributed by atoms with van der Waals surface area (Å²) in [6.45, 7) is 10.2. The van der Waals surface area contributed by atoms with Crippen LogP contribution in [0.15, 0.2) is 67.0 Å². The molecular weight excluding hydrogens is 606 g/mol. The highest BCUT2D eigenvalue weighted by atomic mass is 35.5. The Labute approximate surface area is 276 Å². The first-order valence-corrected chi connectivity index (χ1v) is 16.2. The van der Waals surface area contributed by atoms with E-state index in [4.69, 9.17) is 16.3 Å². The topological polar surface area (TPSA) is 137 Å². The molecule has 4 N–H and O–H groups in total. The molecule has 4 atom stereocenters. The molecule has 10 nitrogen and oxygen atoms in total. The van der Waals surface area contributed by atoms with Gasteiger partial charge in [-0.2, -0.15) is 0 Å². The number of hydrogen-bond acceptors (Lipinski definition) is 6. The van der Waals surface area contributed by atoms with Gasteiger partial charge in [0.1, 0.15) is 17.5 Å². The molecular formula is C35H46ClN5O5. The van der Waals surface area contributed by atoms with E-state index in [2.05, 4.69) is 20.6 Å². The lowest BCUT2D eigenvalue weighted by Crippen LogP contribution is -2.58. The molecule has 3 unspecified atom stereocenters. The number of aliphatic hydroxyl groups excluding tert-OH is 1. The minimum Gasteiger partial charge on any atom is -0.444 e. The van der Waals surface area contributed by atoms with Gasteiger partial charge in [-0.15, -0.1) is 0 Å². The van der Waals surface area contributed by atoms with Crippen molar-refractivity contribution in [2.75, 3.05) is 13.1 Å². The molecule has 1 aliphatic heterocycles. The van der Waals surface area contributed by atoms with Crippen LogP contribution < -0.4 is 10.6 Å². The number of amides is 3. The Morgan fingerprint density at radius 2 is 1.67 bits per heavy atom. The average molecular weight is 652 g/mol. The number of benzene rings is 2. The van der Waals surface area contributed by atoms with Crippen LogP contribution in [0, 0.1) is 11.8 Å². The normalized spacial score (nSPS) is 16.2. The van der Waals surface area contributed by atoms with Gasteiger partial charge in [0.2, 0.25) is 11.8 Å². The number of alkyl carbamates (subject to hydrolysis) is 1. The molecule has 0 bridgehead atoms. The molecule has 1 aromatic heterocycles. The molecule has 46 heavy (non-hydrogen) atoms. The highest BCUT2D eigenvalue weighted by Gasteiger charge is 2.39. The first-order chi connectivity index (χ1) is 21.8. The summed E-state index contributed by atoms with van der Waals surface area (Å²) in [5.74, 6) is -0.396. The number of nitrogens with zero attached hydrogens (tertiary/aromatic N) is 2. The van der Waals surface area contributed by atoms with Gasteiger partial charge >= 0.3 is 6.09 Å². The molecule has 248 valence electrons. The van der Waals surface area contributed by atoms with Gasteiger partial charge < -0.3 is 30.4 Å². The van der Waals surface area contributed by atoms with Crippen LogP contribution in [0.1, 0.15) is 63.9 Å². The summed E-state index contributed by atoms with van der Waals surface area (Å²) in [5, 5.41) is 18.0. The fourth-order valence-electron chi connectivity index (χ4n) is 5.57. The van der Waals surface area contributed by atoms with E-state index in [1.54, 1.807) is 50.2 Å².